The van der Waals surface area contributed by atoms with Gasteiger partial charge in [0.05, 0.1) is 23.8 Å². The number of fused-ring (bicyclic) bond motifs is 1. The van der Waals surface area contributed by atoms with Crippen LogP contribution < -0.4 is 10.1 Å². The second-order valence-corrected chi connectivity index (χ2v) is 8.13. The summed E-state index contributed by atoms with van der Waals surface area (Å²) in [6, 6.07) is 9.42. The number of nitrogens with one attached hydrogen (secondary N) is 1. The summed E-state index contributed by atoms with van der Waals surface area (Å²) >= 11 is 10.4. The largest absolute Gasteiger partial charge is 0.478 e. The van der Waals surface area contributed by atoms with Crippen LogP contribution in [0.2, 0.25) is 5.02 Å². The van der Waals surface area contributed by atoms with Crippen LogP contribution in [0, 0.1) is 0 Å². The molecule has 1 unspecified atom stereocenters. The van der Waals surface area contributed by atoms with Crippen molar-refractivity contribution in [2.75, 3.05) is 26.3 Å². The molecule has 0 spiro atoms. The molecule has 1 aromatic carbocycles. The predicted molar refractivity (Wildman–Crippen MR) is 103 cm³/mol. The molecular formula is C16H21ClN2O4S2. The first-order valence-electron chi connectivity index (χ1n) is 7.96. The fraction of sp³-hybridized carbons (Fsp3) is 0.438. The molecule has 2 aromatic rings. The number of benzene rings is 1. The van der Waals surface area contributed by atoms with E-state index in [9.17, 15) is 4.21 Å². The molecule has 0 saturated carbocycles. The smallest absolute Gasteiger partial charge is 0.266 e. The standard InChI is InChI=1S/C16H21ClN2O4S2/c17-14-12-16(19-15-7-3-2-6-13(14)15)22-10-5-1-4-8-18-9-11-23-25(20,21)24/h2-3,6-7,12,18H,1,4-5,8-11H2,(H,20,21,24). The second kappa shape index (κ2) is 10.2. The van der Waals surface area contributed by atoms with E-state index in [-0.39, 0.29) is 6.61 Å². The van der Waals surface area contributed by atoms with Crippen LogP contribution in [0.4, 0.5) is 0 Å². The molecular weight excluding hydrogens is 384 g/mol. The van der Waals surface area contributed by atoms with Crippen molar-refractivity contribution in [2.24, 2.45) is 0 Å². The monoisotopic (exact) mass is 404 g/mol. The Morgan fingerprint density at radius 3 is 2.80 bits per heavy atom. The van der Waals surface area contributed by atoms with E-state index in [1.165, 1.54) is 0 Å². The van der Waals surface area contributed by atoms with Crippen molar-refractivity contribution in [3.63, 3.8) is 0 Å². The Labute approximate surface area is 157 Å². The highest BCUT2D eigenvalue weighted by molar-refractivity contribution is 8.27. The number of hydrogen-bond acceptors (Lipinski definition) is 6. The number of para-hydroxylation sites is 1. The van der Waals surface area contributed by atoms with Gasteiger partial charge in [-0.25, -0.2) is 4.98 Å². The molecule has 25 heavy (non-hydrogen) atoms. The van der Waals surface area contributed by atoms with E-state index in [0.717, 1.165) is 36.7 Å². The molecule has 0 amide bonds. The molecule has 0 aliphatic rings. The first kappa shape index (κ1) is 20.3. The van der Waals surface area contributed by atoms with Crippen LogP contribution in [0.1, 0.15) is 19.3 Å². The van der Waals surface area contributed by atoms with Crippen LogP contribution in [0.3, 0.4) is 0 Å². The van der Waals surface area contributed by atoms with Crippen LogP contribution >= 0.6 is 11.6 Å². The fourth-order valence-electron chi connectivity index (χ4n) is 2.23. The number of ether oxygens (including phenoxy) is 1. The van der Waals surface area contributed by atoms with Crippen LogP contribution in [0.25, 0.3) is 10.9 Å². The van der Waals surface area contributed by atoms with Crippen LogP contribution in [0.15, 0.2) is 30.3 Å². The zero-order chi connectivity index (χ0) is 18.1. The van der Waals surface area contributed by atoms with Crippen molar-refractivity contribution in [3.8, 4) is 5.88 Å². The van der Waals surface area contributed by atoms with Gasteiger partial charge in [-0.3, -0.25) is 8.74 Å². The fourth-order valence-corrected chi connectivity index (χ4v) is 2.99. The molecule has 1 atom stereocenters. The number of hydrogen-bond donors (Lipinski definition) is 2. The van der Waals surface area contributed by atoms with Gasteiger partial charge in [-0.2, -0.15) is 4.21 Å². The summed E-state index contributed by atoms with van der Waals surface area (Å²) in [5.41, 5.74) is 0.822. The van der Waals surface area contributed by atoms with Crippen LogP contribution in [-0.4, -0.2) is 40.0 Å². The minimum absolute atomic E-state index is 0.121. The molecule has 0 radical (unpaired) electrons. The Bertz CT molecular complexity index is 787. The Kier molecular flexibility index (Phi) is 8.28. The third-order valence-electron chi connectivity index (χ3n) is 3.40. The first-order chi connectivity index (χ1) is 12.0. The predicted octanol–water partition coefficient (Wildman–Crippen LogP) is 3.18. The highest BCUT2D eigenvalue weighted by Crippen LogP contribution is 2.25. The topological polar surface area (TPSA) is 80.7 Å². The minimum atomic E-state index is -3.51. The van der Waals surface area contributed by atoms with Crippen molar-refractivity contribution < 1.29 is 17.7 Å². The molecule has 0 aliphatic carbocycles. The number of rotatable bonds is 11. The van der Waals surface area contributed by atoms with Gasteiger partial charge in [-0.05, 0) is 31.9 Å². The zero-order valence-corrected chi connectivity index (χ0v) is 16.0. The number of aromatic nitrogens is 1. The average molecular weight is 405 g/mol. The average Bonchev–Trinajstić information content (AvgIpc) is 2.55. The van der Waals surface area contributed by atoms with Crippen LogP contribution in [-0.2, 0) is 24.4 Å². The molecule has 1 aromatic heterocycles. The van der Waals surface area contributed by atoms with Gasteiger partial charge in [0.2, 0.25) is 5.88 Å². The van der Waals surface area contributed by atoms with Crippen molar-refractivity contribution in [3.05, 3.63) is 35.4 Å². The van der Waals surface area contributed by atoms with Gasteiger partial charge in [-0.15, -0.1) is 0 Å². The van der Waals surface area contributed by atoms with Gasteiger partial charge >= 0.3 is 0 Å². The van der Waals surface area contributed by atoms with Crippen molar-refractivity contribution in [1.82, 2.24) is 10.3 Å². The quantitative estimate of drug-likeness (QED) is 0.556. The normalized spacial score (nSPS) is 13.7. The van der Waals surface area contributed by atoms with Gasteiger partial charge in [0.15, 0.2) is 0 Å². The molecule has 9 heteroatoms. The van der Waals surface area contributed by atoms with Gasteiger partial charge in [0.25, 0.3) is 9.05 Å². The number of halogens is 1. The van der Waals surface area contributed by atoms with Gasteiger partial charge in [-0.1, -0.05) is 29.8 Å². The molecule has 2 rings (SSSR count). The highest BCUT2D eigenvalue weighted by atomic mass is 35.5. The Morgan fingerprint density at radius 2 is 2.00 bits per heavy atom. The third kappa shape index (κ3) is 7.81. The Morgan fingerprint density at radius 1 is 1.20 bits per heavy atom. The maximum Gasteiger partial charge on any atom is 0.266 e. The Balaban J connectivity index is 1.58. The van der Waals surface area contributed by atoms with Crippen LogP contribution in [0.5, 0.6) is 5.88 Å². The van der Waals surface area contributed by atoms with E-state index < -0.39 is 9.05 Å². The number of unbranched alkanes of at least 4 members (excludes halogenated alkanes) is 2. The van der Waals surface area contributed by atoms with E-state index in [0.29, 0.717) is 24.1 Å². The van der Waals surface area contributed by atoms with Gasteiger partial charge in [0, 0.05) is 29.2 Å². The summed E-state index contributed by atoms with van der Waals surface area (Å²) in [6.07, 6.45) is 2.87. The highest BCUT2D eigenvalue weighted by Gasteiger charge is 2.04. The number of pyridine rings is 1. The van der Waals surface area contributed by atoms with Crippen molar-refractivity contribution in [2.45, 2.75) is 19.3 Å². The zero-order valence-electron chi connectivity index (χ0n) is 13.7. The molecule has 1 heterocycles. The molecule has 2 N–H and O–H groups in total. The summed E-state index contributed by atoms with van der Waals surface area (Å²) < 4.78 is 29.7. The van der Waals surface area contributed by atoms with Gasteiger partial charge in [0.1, 0.15) is 0 Å². The van der Waals surface area contributed by atoms with E-state index in [2.05, 4.69) is 25.7 Å². The summed E-state index contributed by atoms with van der Waals surface area (Å²) in [5.74, 6) is 0.537. The van der Waals surface area contributed by atoms with Crippen molar-refractivity contribution >= 4 is 42.7 Å². The van der Waals surface area contributed by atoms with Gasteiger partial charge < -0.3 is 10.1 Å². The summed E-state index contributed by atoms with van der Waals surface area (Å²) in [5, 5.41) is 4.67. The lowest BCUT2D eigenvalue weighted by Gasteiger charge is -2.08. The Hall–Kier alpha value is -1.03. The number of nitrogens with zero attached hydrogens (tertiary/aromatic N) is 1. The molecule has 0 saturated heterocycles. The second-order valence-electron chi connectivity index (χ2n) is 5.37. The maximum atomic E-state index is 10.7. The van der Waals surface area contributed by atoms with E-state index in [4.69, 9.17) is 20.9 Å². The third-order valence-corrected chi connectivity index (χ3v) is 4.47. The lowest BCUT2D eigenvalue weighted by atomic mass is 10.2. The minimum Gasteiger partial charge on any atom is -0.478 e. The first-order valence-corrected chi connectivity index (χ1v) is 10.7. The molecule has 0 aliphatic heterocycles. The lowest BCUT2D eigenvalue weighted by Crippen LogP contribution is -2.22. The van der Waals surface area contributed by atoms with E-state index >= 15 is 0 Å². The molecule has 138 valence electrons. The molecule has 6 nitrogen and oxygen atoms in total. The SMILES string of the molecule is O=S(O)(=S)OCCNCCCCCOc1cc(Cl)c2ccccc2n1. The van der Waals surface area contributed by atoms with E-state index in [1.54, 1.807) is 6.07 Å². The summed E-state index contributed by atoms with van der Waals surface area (Å²) in [6.45, 7) is 1.99. The van der Waals surface area contributed by atoms with Crippen molar-refractivity contribution in [1.29, 1.82) is 0 Å². The molecule has 0 bridgehead atoms. The maximum absolute atomic E-state index is 10.7. The van der Waals surface area contributed by atoms with E-state index in [1.807, 2.05) is 24.3 Å². The lowest BCUT2D eigenvalue weighted by molar-refractivity contribution is 0.291. The molecule has 0 fully saturated rings. The summed E-state index contributed by atoms with van der Waals surface area (Å²) in [4.78, 5) is 4.44. The summed E-state index contributed by atoms with van der Waals surface area (Å²) in [7, 11) is -3.51.